The van der Waals surface area contributed by atoms with Crippen LogP contribution in [0.15, 0.2) is 27.4 Å². The number of carbonyl (C=O) groups excluding carboxylic acids is 2. The van der Waals surface area contributed by atoms with Gasteiger partial charge >= 0.3 is 5.69 Å². The van der Waals surface area contributed by atoms with Crippen LogP contribution in [0.3, 0.4) is 0 Å². The standard InChI is InChI=1S/C15H16N6O4S/c1-16-12(23)8-4-5-26-13(8)18-9(22)6-21-7-17-11-10(21)14(24)20(3)15(25)19(11)2/h4-5,7H,6H2,1-3H3,(H,16,23)(H,18,22). The number of hydrogen-bond acceptors (Lipinski definition) is 6. The van der Waals surface area contributed by atoms with Gasteiger partial charge in [-0.1, -0.05) is 0 Å². The van der Waals surface area contributed by atoms with Crippen molar-refractivity contribution in [1.29, 1.82) is 0 Å². The van der Waals surface area contributed by atoms with Gasteiger partial charge in [-0.3, -0.25) is 23.5 Å². The minimum absolute atomic E-state index is 0.155. The van der Waals surface area contributed by atoms with E-state index >= 15 is 0 Å². The summed E-state index contributed by atoms with van der Waals surface area (Å²) in [5, 5.41) is 7.27. The second-order valence-electron chi connectivity index (χ2n) is 5.54. The van der Waals surface area contributed by atoms with Gasteiger partial charge in [0.15, 0.2) is 11.2 Å². The molecule has 0 bridgehead atoms. The Morgan fingerprint density at radius 3 is 2.65 bits per heavy atom. The maximum atomic E-state index is 12.4. The van der Waals surface area contributed by atoms with Crippen LogP contribution in [0, 0.1) is 0 Å². The highest BCUT2D eigenvalue weighted by Crippen LogP contribution is 2.23. The van der Waals surface area contributed by atoms with Gasteiger partial charge in [-0.05, 0) is 11.4 Å². The Bertz CT molecular complexity index is 1140. The Morgan fingerprint density at radius 2 is 1.96 bits per heavy atom. The first-order valence-corrected chi connectivity index (χ1v) is 8.43. The van der Waals surface area contributed by atoms with Crippen molar-refractivity contribution in [3.05, 3.63) is 44.2 Å². The molecule has 26 heavy (non-hydrogen) atoms. The normalized spacial score (nSPS) is 10.9. The molecule has 0 radical (unpaired) electrons. The molecule has 0 atom stereocenters. The van der Waals surface area contributed by atoms with E-state index in [0.717, 1.165) is 4.57 Å². The van der Waals surface area contributed by atoms with Gasteiger partial charge in [0, 0.05) is 21.1 Å². The molecule has 3 aromatic heterocycles. The predicted octanol–water partition coefficient (Wildman–Crippen LogP) is -0.506. The fraction of sp³-hybridized carbons (Fsp3) is 0.267. The second kappa shape index (κ2) is 6.59. The third-order valence-corrected chi connectivity index (χ3v) is 4.75. The summed E-state index contributed by atoms with van der Waals surface area (Å²) in [4.78, 5) is 52.5. The number of thiophene rings is 1. The number of imidazole rings is 1. The van der Waals surface area contributed by atoms with Gasteiger partial charge in [-0.2, -0.15) is 0 Å². The zero-order valence-corrected chi connectivity index (χ0v) is 15.1. The Hall–Kier alpha value is -3.21. The molecule has 136 valence electrons. The van der Waals surface area contributed by atoms with Crippen LogP contribution in [0.4, 0.5) is 5.00 Å². The number of fused-ring (bicyclic) bond motifs is 1. The van der Waals surface area contributed by atoms with Crippen molar-refractivity contribution >= 4 is 39.3 Å². The lowest BCUT2D eigenvalue weighted by molar-refractivity contribution is -0.116. The average Bonchev–Trinajstić information content (AvgIpc) is 3.24. The van der Waals surface area contributed by atoms with Gasteiger partial charge in [0.1, 0.15) is 11.5 Å². The minimum atomic E-state index is -0.532. The first-order chi connectivity index (χ1) is 12.3. The molecular formula is C15H16N6O4S. The highest BCUT2D eigenvalue weighted by atomic mass is 32.1. The monoisotopic (exact) mass is 376 g/mol. The SMILES string of the molecule is CNC(=O)c1ccsc1NC(=O)Cn1cnc2c1c(=O)n(C)c(=O)n2C. The van der Waals surface area contributed by atoms with Crippen molar-refractivity contribution in [3.63, 3.8) is 0 Å². The largest absolute Gasteiger partial charge is 0.355 e. The van der Waals surface area contributed by atoms with Crippen LogP contribution in [-0.4, -0.2) is 37.5 Å². The summed E-state index contributed by atoms with van der Waals surface area (Å²) in [7, 11) is 4.37. The van der Waals surface area contributed by atoms with Gasteiger partial charge in [0.05, 0.1) is 11.9 Å². The van der Waals surface area contributed by atoms with E-state index in [-0.39, 0.29) is 23.6 Å². The Kier molecular flexibility index (Phi) is 4.47. The van der Waals surface area contributed by atoms with Crippen LogP contribution in [-0.2, 0) is 25.4 Å². The van der Waals surface area contributed by atoms with Crippen molar-refractivity contribution in [2.24, 2.45) is 14.1 Å². The molecule has 2 amide bonds. The molecule has 10 nitrogen and oxygen atoms in total. The first-order valence-electron chi connectivity index (χ1n) is 7.55. The van der Waals surface area contributed by atoms with Gasteiger partial charge < -0.3 is 15.2 Å². The van der Waals surface area contributed by atoms with E-state index in [1.807, 2.05) is 0 Å². The zero-order valence-electron chi connectivity index (χ0n) is 14.3. The topological polar surface area (TPSA) is 120 Å². The van der Waals surface area contributed by atoms with Gasteiger partial charge in [0.25, 0.3) is 11.5 Å². The van der Waals surface area contributed by atoms with Crippen LogP contribution in [0.25, 0.3) is 11.2 Å². The lowest BCUT2D eigenvalue weighted by Crippen LogP contribution is -2.37. The van der Waals surface area contributed by atoms with Crippen molar-refractivity contribution in [2.75, 3.05) is 12.4 Å². The van der Waals surface area contributed by atoms with E-state index in [1.165, 1.54) is 47.9 Å². The molecule has 0 aromatic carbocycles. The molecule has 0 aliphatic carbocycles. The maximum Gasteiger partial charge on any atom is 0.332 e. The van der Waals surface area contributed by atoms with E-state index in [1.54, 1.807) is 11.4 Å². The number of anilines is 1. The molecule has 3 rings (SSSR count). The summed E-state index contributed by atoms with van der Waals surface area (Å²) in [5.74, 6) is -0.730. The molecule has 0 aliphatic heterocycles. The number of carbonyl (C=O) groups is 2. The van der Waals surface area contributed by atoms with Crippen LogP contribution >= 0.6 is 11.3 Å². The molecule has 3 heterocycles. The molecular weight excluding hydrogens is 360 g/mol. The number of rotatable bonds is 4. The van der Waals surface area contributed by atoms with Crippen molar-refractivity contribution < 1.29 is 9.59 Å². The Balaban J connectivity index is 1.92. The number of aryl methyl sites for hydroxylation is 1. The molecule has 0 spiro atoms. The zero-order chi connectivity index (χ0) is 19.0. The molecule has 0 unspecified atom stereocenters. The third-order valence-electron chi connectivity index (χ3n) is 3.92. The summed E-state index contributed by atoms with van der Waals surface area (Å²) >= 11 is 1.22. The molecule has 0 saturated heterocycles. The summed E-state index contributed by atoms with van der Waals surface area (Å²) in [6, 6.07) is 1.61. The predicted molar refractivity (Wildman–Crippen MR) is 96.6 cm³/mol. The van der Waals surface area contributed by atoms with Crippen LogP contribution in [0.2, 0.25) is 0 Å². The van der Waals surface area contributed by atoms with Crippen LogP contribution in [0.5, 0.6) is 0 Å². The molecule has 11 heteroatoms. The summed E-state index contributed by atoms with van der Waals surface area (Å²) in [5.41, 5.74) is -0.309. The van der Waals surface area contributed by atoms with E-state index in [2.05, 4.69) is 15.6 Å². The Labute approximate surface area is 150 Å². The van der Waals surface area contributed by atoms with Crippen LogP contribution in [0.1, 0.15) is 10.4 Å². The summed E-state index contributed by atoms with van der Waals surface area (Å²) in [6.45, 7) is -0.185. The van der Waals surface area contributed by atoms with E-state index < -0.39 is 17.2 Å². The molecule has 0 aliphatic rings. The fourth-order valence-corrected chi connectivity index (χ4v) is 3.36. The van der Waals surface area contributed by atoms with Crippen molar-refractivity contribution in [3.8, 4) is 0 Å². The lowest BCUT2D eigenvalue weighted by Gasteiger charge is -2.08. The van der Waals surface area contributed by atoms with E-state index in [4.69, 9.17) is 0 Å². The van der Waals surface area contributed by atoms with Crippen LogP contribution < -0.4 is 21.9 Å². The van der Waals surface area contributed by atoms with E-state index in [9.17, 15) is 19.2 Å². The summed E-state index contributed by atoms with van der Waals surface area (Å²) < 4.78 is 3.58. The molecule has 0 fully saturated rings. The van der Waals surface area contributed by atoms with Gasteiger partial charge in [-0.15, -0.1) is 11.3 Å². The third kappa shape index (κ3) is 2.81. The smallest absolute Gasteiger partial charge is 0.332 e. The molecule has 2 N–H and O–H groups in total. The number of amides is 2. The minimum Gasteiger partial charge on any atom is -0.355 e. The number of nitrogens with one attached hydrogen (secondary N) is 2. The fourth-order valence-electron chi connectivity index (χ4n) is 2.56. The number of aromatic nitrogens is 4. The molecule has 3 aromatic rings. The second-order valence-corrected chi connectivity index (χ2v) is 6.46. The lowest BCUT2D eigenvalue weighted by atomic mass is 10.3. The maximum absolute atomic E-state index is 12.4. The highest BCUT2D eigenvalue weighted by molar-refractivity contribution is 7.14. The average molecular weight is 376 g/mol. The highest BCUT2D eigenvalue weighted by Gasteiger charge is 2.18. The van der Waals surface area contributed by atoms with Gasteiger partial charge in [0.2, 0.25) is 5.91 Å². The summed E-state index contributed by atoms with van der Waals surface area (Å²) in [6.07, 6.45) is 1.33. The van der Waals surface area contributed by atoms with Crippen molar-refractivity contribution in [1.82, 2.24) is 24.0 Å². The first kappa shape index (κ1) is 17.6. The quantitative estimate of drug-likeness (QED) is 0.636. The molecule has 0 saturated carbocycles. The Morgan fingerprint density at radius 1 is 1.23 bits per heavy atom. The number of hydrogen-bond donors (Lipinski definition) is 2. The number of nitrogens with zero attached hydrogens (tertiary/aromatic N) is 4. The van der Waals surface area contributed by atoms with Gasteiger partial charge in [-0.25, -0.2) is 9.78 Å². The van der Waals surface area contributed by atoms with Crippen molar-refractivity contribution in [2.45, 2.75) is 6.54 Å². The van der Waals surface area contributed by atoms with E-state index in [0.29, 0.717) is 10.6 Å².